The van der Waals surface area contributed by atoms with E-state index in [9.17, 15) is 13.6 Å². The average Bonchev–Trinajstić information content (AvgIpc) is 3.37. The summed E-state index contributed by atoms with van der Waals surface area (Å²) in [6.07, 6.45) is 6.59. The van der Waals surface area contributed by atoms with Gasteiger partial charge in [0.25, 0.3) is 5.92 Å². The third kappa shape index (κ3) is 2.77. The van der Waals surface area contributed by atoms with Crippen molar-refractivity contribution in [1.29, 1.82) is 0 Å². The fraction of sp³-hybridized carbons (Fsp3) is 0.500. The van der Waals surface area contributed by atoms with Crippen LogP contribution >= 0.6 is 0 Å². The molecule has 2 N–H and O–H groups in total. The molecule has 3 aromatic heterocycles. The van der Waals surface area contributed by atoms with Crippen LogP contribution in [-0.4, -0.2) is 61.9 Å². The fourth-order valence-corrected chi connectivity index (χ4v) is 4.28. The summed E-state index contributed by atoms with van der Waals surface area (Å²) < 4.78 is 28.9. The van der Waals surface area contributed by atoms with Crippen LogP contribution in [-0.2, 0) is 4.79 Å². The minimum Gasteiger partial charge on any atom is -0.346 e. The average molecular weight is 374 g/mol. The summed E-state index contributed by atoms with van der Waals surface area (Å²) in [4.78, 5) is 26.2. The standard InChI is InChI=1S/C18H20F2N6O/c19-18(20)7-13(23-9-18)17(27)25-5-2-11(3-6-25)26-10-24-14-8-22-16-12(15(14)26)1-4-21-16/h1,4,8,10-11,13,23H,2-3,5-7,9H2,(H,21,22)/t13-/m0/s1. The van der Waals surface area contributed by atoms with Crippen molar-refractivity contribution >= 4 is 28.0 Å². The zero-order valence-corrected chi connectivity index (χ0v) is 14.7. The van der Waals surface area contributed by atoms with Crippen molar-refractivity contribution in [3.05, 3.63) is 24.8 Å². The topological polar surface area (TPSA) is 78.8 Å². The number of rotatable bonds is 2. The highest BCUT2D eigenvalue weighted by atomic mass is 19.3. The highest BCUT2D eigenvalue weighted by Gasteiger charge is 2.44. The molecule has 142 valence electrons. The summed E-state index contributed by atoms with van der Waals surface area (Å²) in [7, 11) is 0. The Morgan fingerprint density at radius 3 is 2.81 bits per heavy atom. The number of alkyl halides is 2. The maximum atomic E-state index is 13.4. The number of fused-ring (bicyclic) bond motifs is 3. The molecule has 27 heavy (non-hydrogen) atoms. The molecule has 3 aromatic rings. The van der Waals surface area contributed by atoms with Crippen molar-refractivity contribution in [2.45, 2.75) is 37.3 Å². The molecule has 2 fully saturated rings. The van der Waals surface area contributed by atoms with E-state index in [1.807, 2.05) is 18.6 Å². The molecule has 7 nitrogen and oxygen atoms in total. The first kappa shape index (κ1) is 16.6. The van der Waals surface area contributed by atoms with E-state index in [4.69, 9.17) is 0 Å². The molecule has 9 heteroatoms. The number of amides is 1. The van der Waals surface area contributed by atoms with Crippen molar-refractivity contribution in [1.82, 2.24) is 29.7 Å². The second-order valence-electron chi connectivity index (χ2n) is 7.43. The lowest BCUT2D eigenvalue weighted by Gasteiger charge is -2.34. The lowest BCUT2D eigenvalue weighted by atomic mass is 10.0. The smallest absolute Gasteiger partial charge is 0.262 e. The van der Waals surface area contributed by atoms with Crippen LogP contribution in [0.15, 0.2) is 24.8 Å². The number of hydrogen-bond donors (Lipinski definition) is 2. The molecule has 0 unspecified atom stereocenters. The van der Waals surface area contributed by atoms with Gasteiger partial charge in [0.1, 0.15) is 11.2 Å². The van der Waals surface area contributed by atoms with Crippen LogP contribution in [0.2, 0.25) is 0 Å². The van der Waals surface area contributed by atoms with Crippen LogP contribution in [0, 0.1) is 0 Å². The van der Waals surface area contributed by atoms with E-state index >= 15 is 0 Å². The van der Waals surface area contributed by atoms with Crippen LogP contribution in [0.5, 0.6) is 0 Å². The van der Waals surface area contributed by atoms with Gasteiger partial charge in [-0.1, -0.05) is 0 Å². The van der Waals surface area contributed by atoms with Crippen molar-refractivity contribution in [3.63, 3.8) is 0 Å². The number of pyridine rings is 1. The van der Waals surface area contributed by atoms with Gasteiger partial charge in [-0.05, 0) is 18.9 Å². The molecule has 0 bridgehead atoms. The molecule has 0 spiro atoms. The van der Waals surface area contributed by atoms with Gasteiger partial charge in [0, 0.05) is 37.1 Å². The monoisotopic (exact) mass is 374 g/mol. The van der Waals surface area contributed by atoms with Crippen LogP contribution in [0.4, 0.5) is 8.78 Å². The molecular weight excluding hydrogens is 354 g/mol. The van der Waals surface area contributed by atoms with Crippen molar-refractivity contribution in [3.8, 4) is 0 Å². The Labute approximate surface area is 153 Å². The van der Waals surface area contributed by atoms with Crippen molar-refractivity contribution < 1.29 is 13.6 Å². The summed E-state index contributed by atoms with van der Waals surface area (Å²) in [5.74, 6) is -3.00. The van der Waals surface area contributed by atoms with E-state index < -0.39 is 24.9 Å². The number of aromatic amines is 1. The highest BCUT2D eigenvalue weighted by Crippen LogP contribution is 2.31. The van der Waals surface area contributed by atoms with E-state index in [-0.39, 0.29) is 11.9 Å². The number of nitrogens with one attached hydrogen (secondary N) is 2. The zero-order valence-electron chi connectivity index (χ0n) is 14.7. The second-order valence-corrected chi connectivity index (χ2v) is 7.43. The van der Waals surface area contributed by atoms with Crippen LogP contribution in [0.25, 0.3) is 22.1 Å². The number of aromatic nitrogens is 4. The molecule has 2 aliphatic heterocycles. The number of imidazole rings is 1. The van der Waals surface area contributed by atoms with Gasteiger partial charge in [0.05, 0.1) is 30.6 Å². The zero-order chi connectivity index (χ0) is 18.6. The Morgan fingerprint density at radius 2 is 2.07 bits per heavy atom. The van der Waals surface area contributed by atoms with Crippen LogP contribution in [0.1, 0.15) is 25.3 Å². The van der Waals surface area contributed by atoms with Gasteiger partial charge in [-0.15, -0.1) is 0 Å². The third-order valence-corrected chi connectivity index (χ3v) is 5.70. The molecule has 2 saturated heterocycles. The molecule has 2 aliphatic rings. The fourth-order valence-electron chi connectivity index (χ4n) is 4.28. The van der Waals surface area contributed by atoms with Gasteiger partial charge in [0.15, 0.2) is 0 Å². The van der Waals surface area contributed by atoms with Gasteiger partial charge in [-0.3, -0.25) is 10.1 Å². The third-order valence-electron chi connectivity index (χ3n) is 5.70. The molecule has 0 saturated carbocycles. The number of likely N-dealkylation sites (tertiary alicyclic amines) is 1. The second kappa shape index (κ2) is 5.98. The molecule has 0 aliphatic carbocycles. The predicted octanol–water partition coefficient (Wildman–Crippen LogP) is 2.07. The molecule has 5 rings (SSSR count). The maximum absolute atomic E-state index is 13.4. The van der Waals surface area contributed by atoms with Gasteiger partial charge in [-0.25, -0.2) is 18.7 Å². The predicted molar refractivity (Wildman–Crippen MR) is 95.6 cm³/mol. The summed E-state index contributed by atoms with van der Waals surface area (Å²) in [5.41, 5.74) is 2.71. The summed E-state index contributed by atoms with van der Waals surface area (Å²) >= 11 is 0. The van der Waals surface area contributed by atoms with Gasteiger partial charge in [0.2, 0.25) is 5.91 Å². The lowest BCUT2D eigenvalue weighted by molar-refractivity contribution is -0.135. The minimum absolute atomic E-state index is 0.210. The van der Waals surface area contributed by atoms with Gasteiger partial charge >= 0.3 is 0 Å². The largest absolute Gasteiger partial charge is 0.346 e. The number of carbonyl (C=O) groups is 1. The molecule has 1 amide bonds. The summed E-state index contributed by atoms with van der Waals surface area (Å²) in [5, 5.41) is 3.69. The number of nitrogens with zero attached hydrogens (tertiary/aromatic N) is 4. The normalized spacial score (nSPS) is 23.5. The lowest BCUT2D eigenvalue weighted by Crippen LogP contribution is -2.47. The highest BCUT2D eigenvalue weighted by molar-refractivity contribution is 6.00. The van der Waals surface area contributed by atoms with Crippen LogP contribution in [0.3, 0.4) is 0 Å². The van der Waals surface area contributed by atoms with E-state index in [2.05, 4.69) is 24.8 Å². The maximum Gasteiger partial charge on any atom is 0.262 e. The van der Waals surface area contributed by atoms with E-state index in [0.29, 0.717) is 13.1 Å². The van der Waals surface area contributed by atoms with E-state index in [1.54, 1.807) is 11.1 Å². The summed E-state index contributed by atoms with van der Waals surface area (Å²) in [6, 6.07) is 1.45. The Hall–Kier alpha value is -2.55. The first-order valence-electron chi connectivity index (χ1n) is 9.20. The molecule has 0 radical (unpaired) electrons. The molecule has 1 atom stereocenters. The Balaban J connectivity index is 1.33. The number of hydrogen-bond acceptors (Lipinski definition) is 4. The quantitative estimate of drug-likeness (QED) is 0.720. The number of piperidine rings is 1. The minimum atomic E-state index is -2.79. The number of carbonyl (C=O) groups excluding carboxylic acids is 1. The van der Waals surface area contributed by atoms with Gasteiger partial charge < -0.3 is 14.5 Å². The number of H-pyrrole nitrogens is 1. The van der Waals surface area contributed by atoms with Crippen molar-refractivity contribution in [2.24, 2.45) is 0 Å². The first-order valence-corrected chi connectivity index (χ1v) is 9.20. The Bertz CT molecular complexity index is 1000. The number of halogens is 2. The van der Waals surface area contributed by atoms with E-state index in [1.165, 1.54) is 0 Å². The molecular formula is C18H20F2N6O. The molecule has 5 heterocycles. The summed E-state index contributed by atoms with van der Waals surface area (Å²) in [6.45, 7) is 0.712. The molecule has 0 aromatic carbocycles. The van der Waals surface area contributed by atoms with E-state index in [0.717, 1.165) is 34.9 Å². The Morgan fingerprint density at radius 1 is 1.26 bits per heavy atom. The van der Waals surface area contributed by atoms with Crippen molar-refractivity contribution in [2.75, 3.05) is 19.6 Å². The van der Waals surface area contributed by atoms with Crippen LogP contribution < -0.4 is 5.32 Å². The SMILES string of the molecule is O=C([C@@H]1CC(F)(F)CN1)N1CCC(n2cnc3cnc4[nH]ccc4c32)CC1. The first-order chi connectivity index (χ1) is 13.0. The Kier molecular flexibility index (Phi) is 3.68. The van der Waals surface area contributed by atoms with Gasteiger partial charge in [-0.2, -0.15) is 0 Å².